The van der Waals surface area contributed by atoms with E-state index in [1.54, 1.807) is 24.3 Å². The van der Waals surface area contributed by atoms with Gasteiger partial charge in [-0.25, -0.2) is 4.79 Å². The van der Waals surface area contributed by atoms with Gasteiger partial charge in [0.1, 0.15) is 17.4 Å². The average molecular weight is 354 g/mol. The number of ether oxygens (including phenoxy) is 2. The number of hydrogen-bond acceptors (Lipinski definition) is 4. The zero-order chi connectivity index (χ0) is 16.8. The third kappa shape index (κ3) is 4.30. The fourth-order valence-electron chi connectivity index (χ4n) is 2.11. The van der Waals surface area contributed by atoms with E-state index >= 15 is 0 Å². The summed E-state index contributed by atoms with van der Waals surface area (Å²) in [5.74, 6) is 0.147. The molecule has 0 saturated carbocycles. The summed E-state index contributed by atoms with van der Waals surface area (Å²) in [6.45, 7) is 2.79. The van der Waals surface area contributed by atoms with Crippen LogP contribution in [0.3, 0.4) is 0 Å². The van der Waals surface area contributed by atoms with Crippen molar-refractivity contribution in [3.63, 3.8) is 0 Å². The molecule has 0 atom stereocenters. The van der Waals surface area contributed by atoms with Gasteiger partial charge in [0, 0.05) is 6.54 Å². The molecule has 0 aromatic heterocycles. The fourth-order valence-corrected chi connectivity index (χ4v) is 2.46. The maximum atomic E-state index is 11.8. The van der Waals surface area contributed by atoms with E-state index in [9.17, 15) is 4.79 Å². The Hall–Kier alpha value is -1.91. The van der Waals surface area contributed by atoms with Crippen molar-refractivity contribution in [1.29, 1.82) is 0 Å². The highest BCUT2D eigenvalue weighted by Gasteiger charge is 2.13. The molecule has 4 nitrogen and oxygen atoms in total. The van der Waals surface area contributed by atoms with Crippen molar-refractivity contribution in [2.24, 2.45) is 0 Å². The van der Waals surface area contributed by atoms with Crippen LogP contribution in [0.15, 0.2) is 36.4 Å². The Bertz CT molecular complexity index is 704. The van der Waals surface area contributed by atoms with Crippen LogP contribution in [0.5, 0.6) is 5.75 Å². The van der Waals surface area contributed by atoms with Crippen molar-refractivity contribution in [2.75, 3.05) is 25.6 Å². The van der Waals surface area contributed by atoms with E-state index in [1.807, 2.05) is 19.1 Å². The molecule has 2 rings (SSSR count). The predicted molar refractivity (Wildman–Crippen MR) is 93.0 cm³/mol. The van der Waals surface area contributed by atoms with Gasteiger partial charge >= 0.3 is 5.97 Å². The number of carbonyl (C=O) groups excluding carboxylic acids is 1. The molecule has 6 heteroatoms. The Kier molecular flexibility index (Phi) is 6.13. The number of para-hydroxylation sites is 1. The number of carbonyl (C=O) groups is 1. The molecule has 0 aliphatic rings. The standard InChI is InChI=1S/C17H17Cl2NO3/c1-11-5-3-6-12(17(21)22-2)16(11)20-9-10-23-14-8-4-7-13(18)15(14)19/h3-8,20H,9-10H2,1-2H3. The van der Waals surface area contributed by atoms with Crippen LogP contribution in [-0.2, 0) is 4.74 Å². The van der Waals surface area contributed by atoms with Crippen molar-refractivity contribution in [2.45, 2.75) is 6.92 Å². The average Bonchev–Trinajstić information content (AvgIpc) is 2.55. The quantitative estimate of drug-likeness (QED) is 0.609. The van der Waals surface area contributed by atoms with E-state index in [1.165, 1.54) is 7.11 Å². The summed E-state index contributed by atoms with van der Waals surface area (Å²) in [6.07, 6.45) is 0. The molecule has 0 aliphatic heterocycles. The summed E-state index contributed by atoms with van der Waals surface area (Å²) in [7, 11) is 1.36. The minimum absolute atomic E-state index is 0.370. The Morgan fingerprint density at radius 2 is 1.91 bits per heavy atom. The van der Waals surface area contributed by atoms with Crippen LogP contribution >= 0.6 is 23.2 Å². The normalized spacial score (nSPS) is 10.3. The van der Waals surface area contributed by atoms with Crippen LogP contribution < -0.4 is 10.1 Å². The summed E-state index contributed by atoms with van der Waals surface area (Å²) in [6, 6.07) is 10.7. The van der Waals surface area contributed by atoms with Crippen LogP contribution in [0.1, 0.15) is 15.9 Å². The molecule has 0 spiro atoms. The smallest absolute Gasteiger partial charge is 0.339 e. The van der Waals surface area contributed by atoms with Gasteiger partial charge in [0.15, 0.2) is 0 Å². The molecule has 0 saturated heterocycles. The van der Waals surface area contributed by atoms with E-state index in [4.69, 9.17) is 32.7 Å². The van der Waals surface area contributed by atoms with Gasteiger partial charge in [0.2, 0.25) is 0 Å². The Morgan fingerprint density at radius 3 is 2.65 bits per heavy atom. The molecule has 122 valence electrons. The SMILES string of the molecule is COC(=O)c1cccc(C)c1NCCOc1cccc(Cl)c1Cl. The third-order valence-electron chi connectivity index (χ3n) is 3.26. The first-order valence-corrected chi connectivity index (χ1v) is 7.78. The van der Waals surface area contributed by atoms with Crippen LogP contribution in [0.25, 0.3) is 0 Å². The number of rotatable bonds is 6. The number of nitrogens with one attached hydrogen (secondary N) is 1. The van der Waals surface area contributed by atoms with Crippen LogP contribution in [-0.4, -0.2) is 26.2 Å². The maximum Gasteiger partial charge on any atom is 0.339 e. The molecule has 0 heterocycles. The molecule has 0 amide bonds. The van der Waals surface area contributed by atoms with E-state index in [0.717, 1.165) is 11.3 Å². The molecule has 0 bridgehead atoms. The maximum absolute atomic E-state index is 11.8. The lowest BCUT2D eigenvalue weighted by molar-refractivity contribution is 0.0601. The lowest BCUT2D eigenvalue weighted by atomic mass is 10.1. The second-order valence-electron chi connectivity index (χ2n) is 4.82. The first kappa shape index (κ1) is 17.4. The van der Waals surface area contributed by atoms with Gasteiger partial charge in [-0.1, -0.05) is 41.4 Å². The van der Waals surface area contributed by atoms with Gasteiger partial charge in [0.05, 0.1) is 23.4 Å². The third-order valence-corrected chi connectivity index (χ3v) is 4.06. The topological polar surface area (TPSA) is 47.6 Å². The lowest BCUT2D eigenvalue weighted by Crippen LogP contribution is -2.15. The minimum atomic E-state index is -0.380. The molecule has 23 heavy (non-hydrogen) atoms. The number of benzene rings is 2. The number of aryl methyl sites for hydroxylation is 1. The molecule has 0 fully saturated rings. The van der Waals surface area contributed by atoms with Crippen molar-refractivity contribution in [1.82, 2.24) is 0 Å². The first-order chi connectivity index (χ1) is 11.0. The van der Waals surface area contributed by atoms with Gasteiger partial charge < -0.3 is 14.8 Å². The van der Waals surface area contributed by atoms with Crippen LogP contribution in [0.4, 0.5) is 5.69 Å². The molecule has 1 N–H and O–H groups in total. The molecule has 0 aliphatic carbocycles. The van der Waals surface area contributed by atoms with Crippen molar-refractivity contribution in [3.05, 3.63) is 57.6 Å². The highest BCUT2D eigenvalue weighted by Crippen LogP contribution is 2.31. The molecule has 0 radical (unpaired) electrons. The second-order valence-corrected chi connectivity index (χ2v) is 5.60. The molecule has 2 aromatic carbocycles. The second kappa shape index (κ2) is 8.09. The molecule has 0 unspecified atom stereocenters. The fraction of sp³-hybridized carbons (Fsp3) is 0.235. The summed E-state index contributed by atoms with van der Waals surface area (Å²) < 4.78 is 10.4. The van der Waals surface area contributed by atoms with Gasteiger partial charge in [0.25, 0.3) is 0 Å². The first-order valence-electron chi connectivity index (χ1n) is 7.03. The summed E-state index contributed by atoms with van der Waals surface area (Å²) in [4.78, 5) is 11.8. The minimum Gasteiger partial charge on any atom is -0.490 e. The number of halogens is 2. The highest BCUT2D eigenvalue weighted by atomic mass is 35.5. The molecular weight excluding hydrogens is 337 g/mol. The number of hydrogen-bond donors (Lipinski definition) is 1. The van der Waals surface area contributed by atoms with E-state index in [-0.39, 0.29) is 5.97 Å². The van der Waals surface area contributed by atoms with Gasteiger partial charge in [-0.2, -0.15) is 0 Å². The van der Waals surface area contributed by atoms with Crippen LogP contribution in [0.2, 0.25) is 10.0 Å². The number of esters is 1. The summed E-state index contributed by atoms with van der Waals surface area (Å²) in [5, 5.41) is 4.04. The van der Waals surface area contributed by atoms with E-state index in [2.05, 4.69) is 5.32 Å². The Morgan fingerprint density at radius 1 is 1.17 bits per heavy atom. The number of methoxy groups -OCH3 is 1. The van der Waals surface area contributed by atoms with Crippen molar-refractivity contribution in [3.8, 4) is 5.75 Å². The van der Waals surface area contributed by atoms with E-state index < -0.39 is 0 Å². The summed E-state index contributed by atoms with van der Waals surface area (Å²) >= 11 is 12.0. The predicted octanol–water partition coefficient (Wildman–Crippen LogP) is 4.58. The van der Waals surface area contributed by atoms with E-state index in [0.29, 0.717) is 34.5 Å². The monoisotopic (exact) mass is 353 g/mol. The number of anilines is 1. The zero-order valence-corrected chi connectivity index (χ0v) is 14.4. The van der Waals surface area contributed by atoms with Crippen molar-refractivity contribution >= 4 is 34.9 Å². The van der Waals surface area contributed by atoms with Gasteiger partial charge in [-0.3, -0.25) is 0 Å². The Labute approximate surface area is 145 Å². The molecule has 2 aromatic rings. The van der Waals surface area contributed by atoms with Crippen LogP contribution in [0, 0.1) is 6.92 Å². The lowest BCUT2D eigenvalue weighted by Gasteiger charge is -2.14. The zero-order valence-electron chi connectivity index (χ0n) is 12.9. The highest BCUT2D eigenvalue weighted by molar-refractivity contribution is 6.42. The van der Waals surface area contributed by atoms with Crippen molar-refractivity contribution < 1.29 is 14.3 Å². The van der Waals surface area contributed by atoms with Gasteiger partial charge in [-0.15, -0.1) is 0 Å². The van der Waals surface area contributed by atoms with Gasteiger partial charge in [-0.05, 0) is 30.7 Å². The summed E-state index contributed by atoms with van der Waals surface area (Å²) in [5.41, 5.74) is 2.18. The largest absolute Gasteiger partial charge is 0.490 e. The Balaban J connectivity index is 1.99. The molecular formula is C17H17Cl2NO3.